The maximum Gasteiger partial charge on any atom is 0.253 e. The van der Waals surface area contributed by atoms with Crippen molar-refractivity contribution in [2.75, 3.05) is 26.8 Å². The van der Waals surface area contributed by atoms with Gasteiger partial charge in [-0.2, -0.15) is 0 Å². The molecule has 1 aromatic carbocycles. The quantitative estimate of drug-likeness (QED) is 0.657. The molecule has 1 aliphatic rings. The summed E-state index contributed by atoms with van der Waals surface area (Å²) < 4.78 is 9.55. The summed E-state index contributed by atoms with van der Waals surface area (Å²) in [5.41, 5.74) is 1.94. The molecule has 1 amide bonds. The van der Waals surface area contributed by atoms with Gasteiger partial charge in [0.1, 0.15) is 5.82 Å². The van der Waals surface area contributed by atoms with Gasteiger partial charge in [-0.15, -0.1) is 0 Å². The van der Waals surface area contributed by atoms with Crippen LogP contribution in [0.25, 0.3) is 10.9 Å². The Morgan fingerprint density at radius 3 is 2.96 bits per heavy atom. The number of carbonyl (C=O) groups excluding carboxylic acids is 1. The molecule has 1 saturated heterocycles. The Kier molecular flexibility index (Phi) is 5.48. The molecule has 0 unspecified atom stereocenters. The summed E-state index contributed by atoms with van der Waals surface area (Å²) in [6.45, 7) is 6.04. The van der Waals surface area contributed by atoms with Crippen LogP contribution in [-0.2, 0) is 17.8 Å². The minimum Gasteiger partial charge on any atom is -0.383 e. The van der Waals surface area contributed by atoms with Crippen molar-refractivity contribution < 1.29 is 9.53 Å². The van der Waals surface area contributed by atoms with Crippen molar-refractivity contribution in [3.8, 4) is 0 Å². The van der Waals surface area contributed by atoms with Crippen LogP contribution in [0, 0.1) is 0 Å². The molecule has 3 aromatic rings. The highest BCUT2D eigenvalue weighted by molar-refractivity contribution is 5.98. The average Bonchev–Trinajstić information content (AvgIpc) is 3.37. The molecule has 28 heavy (non-hydrogen) atoms. The first-order chi connectivity index (χ1) is 13.7. The predicted octanol–water partition coefficient (Wildman–Crippen LogP) is 3.52. The molecule has 0 spiro atoms. The maximum absolute atomic E-state index is 13.2. The van der Waals surface area contributed by atoms with Crippen LogP contribution in [0.3, 0.4) is 0 Å². The minimum absolute atomic E-state index is 0.117. The number of nitrogens with zero attached hydrogens (tertiary/aromatic N) is 4. The maximum atomic E-state index is 13.2. The highest BCUT2D eigenvalue weighted by Crippen LogP contribution is 2.27. The van der Waals surface area contributed by atoms with E-state index in [9.17, 15) is 4.79 Å². The van der Waals surface area contributed by atoms with Crippen LogP contribution in [0.4, 0.5) is 0 Å². The molecule has 0 aliphatic carbocycles. The first-order valence-corrected chi connectivity index (χ1v) is 10.1. The zero-order chi connectivity index (χ0) is 19.5. The highest BCUT2D eigenvalue weighted by Gasteiger charge is 2.28. The van der Waals surface area contributed by atoms with Crippen LogP contribution in [0.5, 0.6) is 0 Å². The van der Waals surface area contributed by atoms with Gasteiger partial charge in [-0.25, -0.2) is 4.98 Å². The largest absolute Gasteiger partial charge is 0.383 e. The molecule has 148 valence electrons. The van der Waals surface area contributed by atoms with Gasteiger partial charge in [0.2, 0.25) is 0 Å². The van der Waals surface area contributed by atoms with Crippen LogP contribution in [0.1, 0.15) is 41.9 Å². The van der Waals surface area contributed by atoms with Gasteiger partial charge >= 0.3 is 0 Å². The van der Waals surface area contributed by atoms with Gasteiger partial charge in [0.25, 0.3) is 5.91 Å². The Balaban J connectivity index is 1.51. The van der Waals surface area contributed by atoms with Gasteiger partial charge in [-0.3, -0.25) is 4.79 Å². The molecular formula is C22H28N4O2. The summed E-state index contributed by atoms with van der Waals surface area (Å²) in [7, 11) is 1.71. The number of aryl methyl sites for hydroxylation is 1. The molecule has 4 rings (SSSR count). The number of imidazole rings is 1. The Morgan fingerprint density at radius 2 is 2.14 bits per heavy atom. The van der Waals surface area contributed by atoms with Gasteiger partial charge < -0.3 is 18.8 Å². The summed E-state index contributed by atoms with van der Waals surface area (Å²) >= 11 is 0. The van der Waals surface area contributed by atoms with Crippen molar-refractivity contribution in [2.45, 2.75) is 38.8 Å². The van der Waals surface area contributed by atoms with Crippen LogP contribution >= 0.6 is 0 Å². The lowest BCUT2D eigenvalue weighted by Gasteiger charge is -2.32. The average molecular weight is 380 g/mol. The van der Waals surface area contributed by atoms with E-state index in [1.165, 1.54) is 5.52 Å². The van der Waals surface area contributed by atoms with Gasteiger partial charge in [-0.05, 0) is 44.0 Å². The van der Waals surface area contributed by atoms with Gasteiger partial charge in [0.15, 0.2) is 0 Å². The molecule has 1 atom stereocenters. The molecule has 6 nitrogen and oxygen atoms in total. The number of ether oxygens (including phenoxy) is 1. The molecular weight excluding hydrogens is 352 g/mol. The lowest BCUT2D eigenvalue weighted by atomic mass is 9.96. The summed E-state index contributed by atoms with van der Waals surface area (Å²) in [6, 6.07) is 8.12. The molecule has 0 N–H and O–H groups in total. The second kappa shape index (κ2) is 8.19. The van der Waals surface area contributed by atoms with Gasteiger partial charge in [0.05, 0.1) is 6.61 Å². The number of hydrogen-bond acceptors (Lipinski definition) is 3. The van der Waals surface area contributed by atoms with E-state index in [1.807, 2.05) is 29.4 Å². The summed E-state index contributed by atoms with van der Waals surface area (Å²) in [4.78, 5) is 19.7. The SMILES string of the molecule is CCn1ccc2cc(C(=O)N3CCC[C@H](c4nccn4CCOC)C3)ccc21. The lowest BCUT2D eigenvalue weighted by Crippen LogP contribution is -2.39. The number of benzene rings is 1. The van der Waals surface area contributed by atoms with Crippen LogP contribution in [0.2, 0.25) is 0 Å². The Hall–Kier alpha value is -2.60. The zero-order valence-electron chi connectivity index (χ0n) is 16.7. The number of amides is 1. The Labute approximate surface area is 165 Å². The number of hydrogen-bond donors (Lipinski definition) is 0. The van der Waals surface area contributed by atoms with Crippen molar-refractivity contribution in [1.29, 1.82) is 0 Å². The number of likely N-dealkylation sites (tertiary alicyclic amines) is 1. The number of methoxy groups -OCH3 is 1. The second-order valence-electron chi connectivity index (χ2n) is 7.44. The summed E-state index contributed by atoms with van der Waals surface area (Å²) in [6.07, 6.45) is 7.99. The number of aromatic nitrogens is 3. The molecule has 0 radical (unpaired) electrons. The third-order valence-corrected chi connectivity index (χ3v) is 5.72. The molecule has 0 saturated carbocycles. The molecule has 0 bridgehead atoms. The smallest absolute Gasteiger partial charge is 0.253 e. The third kappa shape index (κ3) is 3.56. The first kappa shape index (κ1) is 18.7. The second-order valence-corrected chi connectivity index (χ2v) is 7.44. The Bertz CT molecular complexity index is 959. The van der Waals surface area contributed by atoms with E-state index in [4.69, 9.17) is 4.74 Å². The molecule has 1 fully saturated rings. The number of piperidine rings is 1. The summed E-state index contributed by atoms with van der Waals surface area (Å²) in [5.74, 6) is 1.45. The number of carbonyl (C=O) groups is 1. The standard InChI is InChI=1S/C22H28N4O2/c1-3-24-11-8-17-15-18(6-7-20(17)24)22(27)26-10-4-5-19(16-26)21-23-9-12-25(21)13-14-28-2/h6-9,11-12,15,19H,3-5,10,13-14,16H2,1-2H3/t19-/m0/s1. The van der Waals surface area contributed by atoms with Crippen molar-refractivity contribution in [1.82, 2.24) is 19.0 Å². The normalized spacial score (nSPS) is 17.4. The fraction of sp³-hybridized carbons (Fsp3) is 0.455. The van der Waals surface area contributed by atoms with E-state index >= 15 is 0 Å². The third-order valence-electron chi connectivity index (χ3n) is 5.72. The monoisotopic (exact) mass is 380 g/mol. The molecule has 6 heteroatoms. The van der Waals surface area contributed by atoms with Crippen molar-refractivity contribution in [3.63, 3.8) is 0 Å². The number of rotatable bonds is 6. The topological polar surface area (TPSA) is 52.3 Å². The predicted molar refractivity (Wildman–Crippen MR) is 110 cm³/mol. The first-order valence-electron chi connectivity index (χ1n) is 10.1. The Morgan fingerprint density at radius 1 is 1.25 bits per heavy atom. The van der Waals surface area contributed by atoms with E-state index in [2.05, 4.69) is 39.4 Å². The van der Waals surface area contributed by atoms with E-state index in [1.54, 1.807) is 7.11 Å². The van der Waals surface area contributed by atoms with Crippen molar-refractivity contribution in [2.24, 2.45) is 0 Å². The van der Waals surface area contributed by atoms with E-state index < -0.39 is 0 Å². The van der Waals surface area contributed by atoms with E-state index in [-0.39, 0.29) is 11.8 Å². The zero-order valence-corrected chi connectivity index (χ0v) is 16.7. The van der Waals surface area contributed by atoms with E-state index in [0.29, 0.717) is 6.61 Å². The fourth-order valence-electron chi connectivity index (χ4n) is 4.22. The molecule has 1 aliphatic heterocycles. The highest BCUT2D eigenvalue weighted by atomic mass is 16.5. The van der Waals surface area contributed by atoms with Crippen molar-refractivity contribution in [3.05, 3.63) is 54.2 Å². The van der Waals surface area contributed by atoms with Crippen LogP contribution in [-0.4, -0.2) is 51.7 Å². The van der Waals surface area contributed by atoms with Crippen LogP contribution in [0.15, 0.2) is 42.9 Å². The number of fused-ring (bicyclic) bond motifs is 1. The van der Waals surface area contributed by atoms with E-state index in [0.717, 1.165) is 55.8 Å². The van der Waals surface area contributed by atoms with Crippen molar-refractivity contribution >= 4 is 16.8 Å². The van der Waals surface area contributed by atoms with Gasteiger partial charge in [-0.1, -0.05) is 0 Å². The summed E-state index contributed by atoms with van der Waals surface area (Å²) in [5, 5.41) is 1.12. The fourth-order valence-corrected chi connectivity index (χ4v) is 4.22. The molecule has 2 aromatic heterocycles. The minimum atomic E-state index is 0.117. The molecule has 3 heterocycles. The lowest BCUT2D eigenvalue weighted by molar-refractivity contribution is 0.0702. The van der Waals surface area contributed by atoms with Crippen LogP contribution < -0.4 is 0 Å². The van der Waals surface area contributed by atoms with Gasteiger partial charge in [0, 0.05) is 74.3 Å².